The maximum absolute atomic E-state index is 11.8. The Hall–Kier alpha value is -1.04. The minimum Gasteiger partial charge on any atom is -0.480 e. The predicted molar refractivity (Wildman–Crippen MR) is 64.7 cm³/mol. The van der Waals surface area contributed by atoms with Crippen LogP contribution in [0.4, 0.5) is 0 Å². The molecule has 6 heteroatoms. The minimum absolute atomic E-state index is 0.0731. The van der Waals surface area contributed by atoms with E-state index in [1.54, 1.807) is 20.8 Å². The van der Waals surface area contributed by atoms with Gasteiger partial charge in [-0.25, -0.2) is 0 Å². The minimum atomic E-state index is -0.930. The Morgan fingerprint density at radius 1 is 1.53 bits per heavy atom. The molecule has 0 aliphatic carbocycles. The first kappa shape index (κ1) is 14.0. The van der Waals surface area contributed by atoms with Gasteiger partial charge < -0.3 is 5.11 Å². The lowest BCUT2D eigenvalue weighted by atomic mass is 10.1. The first-order chi connectivity index (χ1) is 7.88. The van der Waals surface area contributed by atoms with Crippen LogP contribution in [0.25, 0.3) is 0 Å². The number of aliphatic carboxylic acids is 1. The summed E-state index contributed by atoms with van der Waals surface area (Å²) in [6.07, 6.45) is 0.119. The summed E-state index contributed by atoms with van der Waals surface area (Å²) in [7, 11) is 0. The Morgan fingerprint density at radius 3 is 2.47 bits per heavy atom. The molecule has 0 aromatic rings. The Kier molecular flexibility index (Phi) is 4.56. The quantitative estimate of drug-likeness (QED) is 0.745. The molecule has 1 rings (SSSR count). The molecular formula is C11H17NO4S. The molecule has 0 saturated carbocycles. The number of nitrogens with zero attached hydrogens (tertiary/aromatic N) is 1. The second-order valence-electron chi connectivity index (χ2n) is 4.31. The summed E-state index contributed by atoms with van der Waals surface area (Å²) in [5.41, 5.74) is 0. The number of thioether (sulfide) groups is 1. The fraction of sp³-hybridized carbons (Fsp3) is 0.727. The van der Waals surface area contributed by atoms with E-state index in [4.69, 9.17) is 5.11 Å². The van der Waals surface area contributed by atoms with Crippen LogP contribution >= 0.6 is 11.8 Å². The molecular weight excluding hydrogens is 242 g/mol. The van der Waals surface area contributed by atoms with Crippen molar-refractivity contribution >= 4 is 29.5 Å². The lowest BCUT2D eigenvalue weighted by Gasteiger charge is -2.18. The van der Waals surface area contributed by atoms with E-state index in [2.05, 4.69) is 0 Å². The highest BCUT2D eigenvalue weighted by molar-refractivity contribution is 8.01. The smallest absolute Gasteiger partial charge is 0.316 e. The van der Waals surface area contributed by atoms with Gasteiger partial charge in [-0.1, -0.05) is 13.8 Å². The maximum Gasteiger partial charge on any atom is 0.316 e. The first-order valence-corrected chi connectivity index (χ1v) is 6.55. The van der Waals surface area contributed by atoms with Crippen molar-refractivity contribution in [3.05, 3.63) is 0 Å². The van der Waals surface area contributed by atoms with Gasteiger partial charge in [0.15, 0.2) is 0 Å². The van der Waals surface area contributed by atoms with Crippen molar-refractivity contribution in [3.8, 4) is 0 Å². The number of carbonyl (C=O) groups is 3. The van der Waals surface area contributed by atoms with Gasteiger partial charge in [-0.05, 0) is 12.8 Å². The number of carbonyl (C=O) groups excluding carboxylic acids is 2. The SMILES string of the molecule is CCN1C(=O)CC(SC(C(=O)O)C(C)C)C1=O. The van der Waals surface area contributed by atoms with Gasteiger partial charge >= 0.3 is 5.97 Å². The molecule has 0 bridgehead atoms. The summed E-state index contributed by atoms with van der Waals surface area (Å²) < 4.78 is 0. The molecule has 0 aromatic carbocycles. The van der Waals surface area contributed by atoms with Crippen molar-refractivity contribution in [2.45, 2.75) is 37.7 Å². The number of hydrogen-bond acceptors (Lipinski definition) is 4. The van der Waals surface area contributed by atoms with E-state index in [1.807, 2.05) is 0 Å². The van der Waals surface area contributed by atoms with Crippen LogP contribution in [-0.2, 0) is 14.4 Å². The van der Waals surface area contributed by atoms with E-state index in [9.17, 15) is 14.4 Å². The third-order valence-corrected chi connectivity index (χ3v) is 4.41. The zero-order valence-electron chi connectivity index (χ0n) is 10.2. The van der Waals surface area contributed by atoms with E-state index >= 15 is 0 Å². The summed E-state index contributed by atoms with van der Waals surface area (Å²) >= 11 is 1.09. The Labute approximate surface area is 105 Å². The van der Waals surface area contributed by atoms with Gasteiger partial charge in [0, 0.05) is 13.0 Å². The fourth-order valence-electron chi connectivity index (χ4n) is 1.77. The van der Waals surface area contributed by atoms with Gasteiger partial charge in [-0.2, -0.15) is 0 Å². The van der Waals surface area contributed by atoms with Crippen LogP contribution < -0.4 is 0 Å². The molecule has 17 heavy (non-hydrogen) atoms. The molecule has 0 aromatic heterocycles. The van der Waals surface area contributed by atoms with Crippen molar-refractivity contribution < 1.29 is 19.5 Å². The zero-order chi connectivity index (χ0) is 13.2. The van der Waals surface area contributed by atoms with Crippen molar-refractivity contribution in [1.29, 1.82) is 0 Å². The molecule has 1 aliphatic heterocycles. The second-order valence-corrected chi connectivity index (χ2v) is 5.66. The number of imide groups is 1. The lowest BCUT2D eigenvalue weighted by Crippen LogP contribution is -2.33. The molecule has 5 nitrogen and oxygen atoms in total. The highest BCUT2D eigenvalue weighted by Gasteiger charge is 2.40. The Morgan fingerprint density at radius 2 is 2.12 bits per heavy atom. The van der Waals surface area contributed by atoms with Gasteiger partial charge in [0.05, 0.1) is 5.25 Å². The molecule has 96 valence electrons. The number of likely N-dealkylation sites (tertiary alicyclic amines) is 1. The number of rotatable bonds is 5. The molecule has 1 saturated heterocycles. The fourth-order valence-corrected chi connectivity index (χ4v) is 3.04. The van der Waals surface area contributed by atoms with Crippen molar-refractivity contribution in [3.63, 3.8) is 0 Å². The average molecular weight is 259 g/mol. The molecule has 1 heterocycles. The summed E-state index contributed by atoms with van der Waals surface area (Å²) in [6, 6.07) is 0. The van der Waals surface area contributed by atoms with Crippen LogP contribution in [0.5, 0.6) is 0 Å². The van der Waals surface area contributed by atoms with E-state index in [0.717, 1.165) is 11.8 Å². The highest BCUT2D eigenvalue weighted by Crippen LogP contribution is 2.31. The first-order valence-electron chi connectivity index (χ1n) is 5.61. The van der Waals surface area contributed by atoms with Gasteiger partial charge in [0.1, 0.15) is 5.25 Å². The molecule has 1 fully saturated rings. The van der Waals surface area contributed by atoms with Crippen LogP contribution in [0, 0.1) is 5.92 Å². The van der Waals surface area contributed by atoms with Gasteiger partial charge in [-0.15, -0.1) is 11.8 Å². The van der Waals surface area contributed by atoms with Crippen molar-refractivity contribution in [1.82, 2.24) is 4.90 Å². The summed E-state index contributed by atoms with van der Waals surface area (Å²) in [5, 5.41) is 7.87. The maximum atomic E-state index is 11.8. The summed E-state index contributed by atoms with van der Waals surface area (Å²) in [4.78, 5) is 35.5. The normalized spacial score (nSPS) is 22.4. The summed E-state index contributed by atoms with van der Waals surface area (Å²) in [5.74, 6) is -1.46. The zero-order valence-corrected chi connectivity index (χ0v) is 11.0. The van der Waals surface area contributed by atoms with E-state index in [-0.39, 0.29) is 24.2 Å². The third kappa shape index (κ3) is 3.00. The average Bonchev–Trinajstić information content (AvgIpc) is 2.49. The summed E-state index contributed by atoms with van der Waals surface area (Å²) in [6.45, 7) is 5.68. The molecule has 2 unspecified atom stereocenters. The Bertz CT molecular complexity index is 342. The van der Waals surface area contributed by atoms with Crippen LogP contribution in [0.2, 0.25) is 0 Å². The molecule has 2 atom stereocenters. The van der Waals surface area contributed by atoms with Crippen LogP contribution in [0.15, 0.2) is 0 Å². The van der Waals surface area contributed by atoms with Gasteiger partial charge in [0.25, 0.3) is 0 Å². The lowest BCUT2D eigenvalue weighted by molar-refractivity contribution is -0.138. The van der Waals surface area contributed by atoms with Gasteiger partial charge in [0.2, 0.25) is 11.8 Å². The molecule has 0 spiro atoms. The van der Waals surface area contributed by atoms with Crippen molar-refractivity contribution in [2.24, 2.45) is 5.92 Å². The molecule has 1 N–H and O–H groups in total. The number of amides is 2. The number of hydrogen-bond donors (Lipinski definition) is 1. The topological polar surface area (TPSA) is 74.7 Å². The van der Waals surface area contributed by atoms with Gasteiger partial charge in [-0.3, -0.25) is 19.3 Å². The van der Waals surface area contributed by atoms with E-state index in [0.29, 0.717) is 6.54 Å². The van der Waals surface area contributed by atoms with Crippen molar-refractivity contribution in [2.75, 3.05) is 6.54 Å². The largest absolute Gasteiger partial charge is 0.480 e. The van der Waals surface area contributed by atoms with E-state index < -0.39 is 16.5 Å². The molecule has 1 aliphatic rings. The standard InChI is InChI=1S/C11H17NO4S/c1-4-12-8(13)5-7(10(12)14)17-9(6(2)3)11(15)16/h6-7,9H,4-5H2,1-3H3,(H,15,16). The Balaban J connectivity index is 2.73. The van der Waals surface area contributed by atoms with Crippen LogP contribution in [0.1, 0.15) is 27.2 Å². The molecule has 0 radical (unpaired) electrons. The van der Waals surface area contributed by atoms with Crippen LogP contribution in [0.3, 0.4) is 0 Å². The monoisotopic (exact) mass is 259 g/mol. The van der Waals surface area contributed by atoms with E-state index in [1.165, 1.54) is 4.90 Å². The number of carboxylic acids is 1. The third-order valence-electron chi connectivity index (χ3n) is 2.68. The number of carboxylic acid groups (broad SMARTS) is 1. The highest BCUT2D eigenvalue weighted by atomic mass is 32.2. The predicted octanol–water partition coefficient (Wildman–Crippen LogP) is 0.976. The second kappa shape index (κ2) is 5.53. The van der Waals surface area contributed by atoms with Crippen LogP contribution in [-0.4, -0.2) is 44.8 Å². The molecule has 2 amide bonds.